The van der Waals surface area contributed by atoms with Crippen LogP contribution in [0, 0.1) is 0 Å². The number of carbonyl (C=O) groups is 1. The van der Waals surface area contributed by atoms with E-state index in [0.29, 0.717) is 57.1 Å². The van der Waals surface area contributed by atoms with E-state index in [9.17, 15) is 13.2 Å². The topological polar surface area (TPSA) is 76.2 Å². The maximum absolute atomic E-state index is 13.1. The predicted octanol–water partition coefficient (Wildman–Crippen LogP) is 1.12. The molecular weight excluding hydrogens is 356 g/mol. The monoisotopic (exact) mass is 380 g/mol. The highest BCUT2D eigenvalue weighted by Crippen LogP contribution is 2.34. The average Bonchev–Trinajstić information content (AvgIpc) is 3.09. The van der Waals surface area contributed by atoms with Crippen LogP contribution in [-0.4, -0.2) is 62.2 Å². The molecule has 8 heteroatoms. The quantitative estimate of drug-likeness (QED) is 0.769. The van der Waals surface area contributed by atoms with Gasteiger partial charge in [-0.15, -0.1) is 0 Å². The molecule has 1 aromatic rings. The number of nitrogens with zero attached hydrogens (tertiary/aromatic N) is 2. The maximum Gasteiger partial charge on any atom is 0.243 e. The largest absolute Gasteiger partial charge is 0.347 e. The molecule has 0 atom stereocenters. The molecule has 2 fully saturated rings. The molecule has 0 unspecified atom stereocenters. The fourth-order valence-corrected chi connectivity index (χ4v) is 5.46. The van der Waals surface area contributed by atoms with E-state index in [2.05, 4.69) is 0 Å². The van der Waals surface area contributed by atoms with E-state index in [1.54, 1.807) is 24.0 Å². The van der Waals surface area contributed by atoms with Crippen molar-refractivity contribution < 1.29 is 22.7 Å². The van der Waals surface area contributed by atoms with E-state index in [1.165, 1.54) is 4.31 Å². The zero-order chi connectivity index (χ0) is 18.4. The molecule has 0 bridgehead atoms. The molecule has 0 radical (unpaired) electrons. The Labute approximate surface area is 153 Å². The summed E-state index contributed by atoms with van der Waals surface area (Å²) in [5.41, 5.74) is 2.04. The second-order valence-electron chi connectivity index (χ2n) is 7.13. The van der Waals surface area contributed by atoms with Gasteiger partial charge >= 0.3 is 0 Å². The highest BCUT2D eigenvalue weighted by atomic mass is 32.2. The zero-order valence-electron chi connectivity index (χ0n) is 14.9. The lowest BCUT2D eigenvalue weighted by Gasteiger charge is -2.37. The molecule has 142 valence electrons. The molecule has 4 rings (SSSR count). The van der Waals surface area contributed by atoms with Gasteiger partial charge in [0, 0.05) is 45.9 Å². The number of hydrogen-bond donors (Lipinski definition) is 0. The Morgan fingerprint density at radius 3 is 2.42 bits per heavy atom. The van der Waals surface area contributed by atoms with Gasteiger partial charge in [-0.3, -0.25) is 4.79 Å². The van der Waals surface area contributed by atoms with Crippen molar-refractivity contribution in [1.82, 2.24) is 9.21 Å². The molecule has 1 aromatic carbocycles. The summed E-state index contributed by atoms with van der Waals surface area (Å²) >= 11 is 0. The molecule has 3 aliphatic heterocycles. The van der Waals surface area contributed by atoms with Crippen LogP contribution in [0.3, 0.4) is 0 Å². The molecule has 3 heterocycles. The number of carbonyl (C=O) groups excluding carboxylic acids is 1. The van der Waals surface area contributed by atoms with Crippen LogP contribution in [0.1, 0.15) is 30.9 Å². The molecule has 0 aliphatic carbocycles. The summed E-state index contributed by atoms with van der Waals surface area (Å²) in [6.45, 7) is 4.62. The van der Waals surface area contributed by atoms with E-state index in [4.69, 9.17) is 9.47 Å². The number of amides is 1. The summed E-state index contributed by atoms with van der Waals surface area (Å²) in [4.78, 5) is 13.7. The molecule has 0 N–H and O–H groups in total. The molecule has 1 spiro atoms. The Bertz CT molecular complexity index is 807. The van der Waals surface area contributed by atoms with Crippen LogP contribution < -0.4 is 0 Å². The minimum Gasteiger partial charge on any atom is -0.347 e. The number of piperidine rings is 1. The smallest absolute Gasteiger partial charge is 0.243 e. The summed E-state index contributed by atoms with van der Waals surface area (Å²) in [5, 5.41) is 0. The summed E-state index contributed by atoms with van der Waals surface area (Å²) in [6, 6.07) is 5.30. The van der Waals surface area contributed by atoms with Crippen LogP contribution >= 0.6 is 0 Å². The van der Waals surface area contributed by atoms with Gasteiger partial charge in [0.25, 0.3) is 0 Å². The third kappa shape index (κ3) is 3.15. The third-order valence-corrected chi connectivity index (χ3v) is 7.47. The minimum atomic E-state index is -3.56. The van der Waals surface area contributed by atoms with Crippen LogP contribution in [0.5, 0.6) is 0 Å². The van der Waals surface area contributed by atoms with Crippen molar-refractivity contribution in [2.75, 3.05) is 32.8 Å². The van der Waals surface area contributed by atoms with Crippen LogP contribution in [0.15, 0.2) is 23.1 Å². The van der Waals surface area contributed by atoms with E-state index < -0.39 is 15.8 Å². The number of ether oxygens (including phenoxy) is 2. The fraction of sp³-hybridized carbons (Fsp3) is 0.611. The van der Waals surface area contributed by atoms with E-state index in [0.717, 1.165) is 17.5 Å². The first-order chi connectivity index (χ1) is 12.4. The zero-order valence-corrected chi connectivity index (χ0v) is 15.8. The predicted molar refractivity (Wildman–Crippen MR) is 93.9 cm³/mol. The van der Waals surface area contributed by atoms with Crippen LogP contribution in [0.2, 0.25) is 0 Å². The Kier molecular flexibility index (Phi) is 4.54. The lowest BCUT2D eigenvalue weighted by Crippen LogP contribution is -2.47. The van der Waals surface area contributed by atoms with Crippen molar-refractivity contribution in [3.63, 3.8) is 0 Å². The van der Waals surface area contributed by atoms with Gasteiger partial charge in [-0.1, -0.05) is 6.07 Å². The fourth-order valence-electron chi connectivity index (χ4n) is 3.96. The van der Waals surface area contributed by atoms with Crippen LogP contribution in [0.25, 0.3) is 0 Å². The van der Waals surface area contributed by atoms with E-state index in [-0.39, 0.29) is 5.91 Å². The molecule has 7 nitrogen and oxygen atoms in total. The Balaban J connectivity index is 1.53. The summed E-state index contributed by atoms with van der Waals surface area (Å²) < 4.78 is 39.0. The van der Waals surface area contributed by atoms with Gasteiger partial charge in [-0.05, 0) is 29.7 Å². The number of sulfonamides is 1. The van der Waals surface area contributed by atoms with Crippen molar-refractivity contribution in [1.29, 1.82) is 0 Å². The number of fused-ring (bicyclic) bond motifs is 1. The number of rotatable bonds is 2. The highest BCUT2D eigenvalue weighted by Gasteiger charge is 2.42. The van der Waals surface area contributed by atoms with Crippen molar-refractivity contribution in [3.8, 4) is 0 Å². The SMILES string of the molecule is CC(=O)N1CCc2ccc(S(=O)(=O)N3CCC4(CC3)OCCO4)cc2C1. The standard InChI is InChI=1S/C18H24N2O5S/c1-14(21)19-7-4-15-2-3-17(12-16(15)13-19)26(22,23)20-8-5-18(6-9-20)24-10-11-25-18/h2-3,12H,4-11,13H2,1H3. The summed E-state index contributed by atoms with van der Waals surface area (Å²) in [7, 11) is -3.56. The van der Waals surface area contributed by atoms with Gasteiger partial charge in [0.1, 0.15) is 0 Å². The lowest BCUT2D eigenvalue weighted by molar-refractivity contribution is -0.179. The minimum absolute atomic E-state index is 0.0156. The lowest BCUT2D eigenvalue weighted by atomic mass is 10.00. The van der Waals surface area contributed by atoms with E-state index in [1.807, 2.05) is 6.07 Å². The normalized spacial score (nSPS) is 23.2. The first-order valence-electron chi connectivity index (χ1n) is 9.05. The Hall–Kier alpha value is -1.48. The summed E-state index contributed by atoms with van der Waals surface area (Å²) in [5.74, 6) is -0.578. The molecule has 26 heavy (non-hydrogen) atoms. The van der Waals surface area contributed by atoms with Crippen molar-refractivity contribution >= 4 is 15.9 Å². The Morgan fingerprint density at radius 1 is 1.08 bits per heavy atom. The van der Waals surface area contributed by atoms with Gasteiger partial charge in [-0.2, -0.15) is 4.31 Å². The van der Waals surface area contributed by atoms with Crippen molar-refractivity contribution in [2.24, 2.45) is 0 Å². The first kappa shape index (κ1) is 17.9. The van der Waals surface area contributed by atoms with Gasteiger partial charge in [0.15, 0.2) is 5.79 Å². The molecule has 3 aliphatic rings. The van der Waals surface area contributed by atoms with Gasteiger partial charge in [0.2, 0.25) is 15.9 Å². The van der Waals surface area contributed by atoms with Gasteiger partial charge in [0.05, 0.1) is 18.1 Å². The first-order valence-corrected chi connectivity index (χ1v) is 10.5. The van der Waals surface area contributed by atoms with E-state index >= 15 is 0 Å². The van der Waals surface area contributed by atoms with Crippen molar-refractivity contribution in [3.05, 3.63) is 29.3 Å². The third-order valence-electron chi connectivity index (χ3n) is 5.57. The Morgan fingerprint density at radius 2 is 1.77 bits per heavy atom. The highest BCUT2D eigenvalue weighted by molar-refractivity contribution is 7.89. The van der Waals surface area contributed by atoms with Crippen LogP contribution in [0.4, 0.5) is 0 Å². The maximum atomic E-state index is 13.1. The number of hydrogen-bond acceptors (Lipinski definition) is 5. The molecular formula is C18H24N2O5S. The molecule has 2 saturated heterocycles. The van der Waals surface area contributed by atoms with Crippen LogP contribution in [-0.2, 0) is 37.3 Å². The summed E-state index contributed by atoms with van der Waals surface area (Å²) in [6.07, 6.45) is 1.86. The molecule has 0 aromatic heterocycles. The van der Waals surface area contributed by atoms with Crippen molar-refractivity contribution in [2.45, 2.75) is 43.4 Å². The van der Waals surface area contributed by atoms with Gasteiger partial charge in [-0.25, -0.2) is 8.42 Å². The average molecular weight is 380 g/mol. The second kappa shape index (κ2) is 6.60. The van der Waals surface area contributed by atoms with Gasteiger partial charge < -0.3 is 14.4 Å². The molecule has 1 amide bonds. The second-order valence-corrected chi connectivity index (χ2v) is 9.07. The number of benzene rings is 1. The molecule has 0 saturated carbocycles.